The number of aromatic nitrogens is 3. The summed E-state index contributed by atoms with van der Waals surface area (Å²) < 4.78 is 8.68. The first kappa shape index (κ1) is 15.8. The number of rotatable bonds is 6. The molecule has 0 bridgehead atoms. The lowest BCUT2D eigenvalue weighted by Crippen LogP contribution is -2.11. The number of ether oxygens (including phenoxy) is 1. The molecular weight excluding hydrogens is 332 g/mol. The molecule has 114 valence electrons. The minimum absolute atomic E-state index is 0.0931. The lowest BCUT2D eigenvalue weighted by Gasteiger charge is -2.14. The molecule has 0 radical (unpaired) electrons. The van der Waals surface area contributed by atoms with E-state index in [2.05, 4.69) is 38.3 Å². The smallest absolute Gasteiger partial charge is 0.237 e. The van der Waals surface area contributed by atoms with Crippen LogP contribution < -0.4 is 10.1 Å². The summed E-state index contributed by atoms with van der Waals surface area (Å²) in [7, 11) is 1.95. The van der Waals surface area contributed by atoms with E-state index < -0.39 is 0 Å². The molecule has 0 atom stereocenters. The first-order chi connectivity index (χ1) is 10.0. The summed E-state index contributed by atoms with van der Waals surface area (Å²) in [6.45, 7) is 6.73. The Bertz CT molecular complexity index is 610. The van der Waals surface area contributed by atoms with Crippen molar-refractivity contribution in [2.24, 2.45) is 7.05 Å². The summed E-state index contributed by atoms with van der Waals surface area (Å²) in [4.78, 5) is 4.28. The Balaban J connectivity index is 2.15. The number of halogens is 1. The number of hydrogen-bond acceptors (Lipinski definition) is 4. The Morgan fingerprint density at radius 2 is 2.19 bits per heavy atom. The van der Waals surface area contributed by atoms with E-state index in [1.807, 2.05) is 37.7 Å². The first-order valence-electron chi connectivity index (χ1n) is 7.08. The van der Waals surface area contributed by atoms with Crippen molar-refractivity contribution in [3.05, 3.63) is 34.2 Å². The topological polar surface area (TPSA) is 52.0 Å². The van der Waals surface area contributed by atoms with Crippen LogP contribution in [0.3, 0.4) is 0 Å². The second-order valence-corrected chi connectivity index (χ2v) is 5.85. The molecule has 0 saturated heterocycles. The van der Waals surface area contributed by atoms with Crippen molar-refractivity contribution >= 4 is 21.6 Å². The van der Waals surface area contributed by atoms with Gasteiger partial charge in [-0.05, 0) is 48.3 Å². The zero-order chi connectivity index (χ0) is 15.4. The minimum Gasteiger partial charge on any atom is -0.473 e. The van der Waals surface area contributed by atoms with Gasteiger partial charge in [-0.25, -0.2) is 4.98 Å². The third kappa shape index (κ3) is 3.75. The van der Waals surface area contributed by atoms with Crippen molar-refractivity contribution in [3.63, 3.8) is 0 Å². The highest BCUT2D eigenvalue weighted by molar-refractivity contribution is 9.10. The third-order valence-electron chi connectivity index (χ3n) is 3.07. The number of hydrogen-bond donors (Lipinski definition) is 1. The number of anilines is 1. The highest BCUT2D eigenvalue weighted by Crippen LogP contribution is 2.25. The quantitative estimate of drug-likeness (QED) is 0.863. The molecular formula is C15H21BrN4O. The van der Waals surface area contributed by atoms with Gasteiger partial charge in [0.05, 0.1) is 34.2 Å². The Morgan fingerprint density at radius 3 is 2.81 bits per heavy atom. The molecule has 2 aromatic rings. The van der Waals surface area contributed by atoms with Gasteiger partial charge in [0.1, 0.15) is 0 Å². The molecule has 1 N–H and O–H groups in total. The molecule has 21 heavy (non-hydrogen) atoms. The van der Waals surface area contributed by atoms with E-state index in [4.69, 9.17) is 4.74 Å². The van der Waals surface area contributed by atoms with Crippen LogP contribution in [0.2, 0.25) is 0 Å². The summed E-state index contributed by atoms with van der Waals surface area (Å²) in [5.74, 6) is 0.626. The summed E-state index contributed by atoms with van der Waals surface area (Å²) in [6.07, 6.45) is 2.73. The van der Waals surface area contributed by atoms with E-state index in [9.17, 15) is 0 Å². The molecule has 2 aromatic heterocycles. The van der Waals surface area contributed by atoms with Gasteiger partial charge < -0.3 is 10.1 Å². The van der Waals surface area contributed by atoms with Gasteiger partial charge in [-0.15, -0.1) is 0 Å². The average molecular weight is 353 g/mol. The van der Waals surface area contributed by atoms with E-state index in [1.54, 1.807) is 6.20 Å². The largest absolute Gasteiger partial charge is 0.473 e. The van der Waals surface area contributed by atoms with Crippen LogP contribution in [0.4, 0.5) is 5.69 Å². The van der Waals surface area contributed by atoms with Gasteiger partial charge in [0, 0.05) is 13.2 Å². The number of pyridine rings is 1. The van der Waals surface area contributed by atoms with Crippen LogP contribution in [0, 0.1) is 0 Å². The second kappa shape index (κ2) is 6.93. The van der Waals surface area contributed by atoms with Crippen LogP contribution in [0.1, 0.15) is 32.2 Å². The van der Waals surface area contributed by atoms with E-state index in [1.165, 1.54) is 0 Å². The van der Waals surface area contributed by atoms with Crippen molar-refractivity contribution in [2.45, 2.75) is 39.8 Å². The maximum Gasteiger partial charge on any atom is 0.237 e. The predicted molar refractivity (Wildman–Crippen MR) is 87.6 cm³/mol. The molecule has 2 rings (SSSR count). The van der Waals surface area contributed by atoms with Crippen LogP contribution in [0.5, 0.6) is 5.88 Å². The Labute approximate surface area is 133 Å². The highest BCUT2D eigenvalue weighted by atomic mass is 79.9. The van der Waals surface area contributed by atoms with Crippen molar-refractivity contribution in [3.8, 4) is 5.88 Å². The van der Waals surface area contributed by atoms with Crippen LogP contribution in [0.15, 0.2) is 22.8 Å². The van der Waals surface area contributed by atoms with Crippen molar-refractivity contribution in [1.29, 1.82) is 0 Å². The third-order valence-corrected chi connectivity index (χ3v) is 3.98. The molecule has 0 amide bonds. The maximum atomic E-state index is 5.71. The van der Waals surface area contributed by atoms with Crippen molar-refractivity contribution in [2.75, 3.05) is 5.32 Å². The van der Waals surface area contributed by atoms with Crippen LogP contribution >= 0.6 is 15.9 Å². The Hall–Kier alpha value is -1.56. The van der Waals surface area contributed by atoms with Gasteiger partial charge >= 0.3 is 0 Å². The molecule has 6 heteroatoms. The summed E-state index contributed by atoms with van der Waals surface area (Å²) in [5.41, 5.74) is 3.06. The van der Waals surface area contributed by atoms with Crippen molar-refractivity contribution < 1.29 is 4.74 Å². The zero-order valence-electron chi connectivity index (χ0n) is 12.9. The fraction of sp³-hybridized carbons (Fsp3) is 0.467. The summed E-state index contributed by atoms with van der Waals surface area (Å²) in [6, 6.07) is 3.86. The van der Waals surface area contributed by atoms with Gasteiger partial charge in [0.15, 0.2) is 0 Å². The Morgan fingerprint density at radius 1 is 1.43 bits per heavy atom. The van der Waals surface area contributed by atoms with Gasteiger partial charge in [-0.1, -0.05) is 6.92 Å². The number of nitrogens with one attached hydrogen (secondary N) is 1. The highest BCUT2D eigenvalue weighted by Gasteiger charge is 2.13. The van der Waals surface area contributed by atoms with Gasteiger partial charge in [-0.3, -0.25) is 4.68 Å². The maximum absolute atomic E-state index is 5.71. The summed E-state index contributed by atoms with van der Waals surface area (Å²) >= 11 is 3.62. The van der Waals surface area contributed by atoms with E-state index in [-0.39, 0.29) is 6.10 Å². The number of aryl methyl sites for hydroxylation is 2. The van der Waals surface area contributed by atoms with Gasteiger partial charge in [-0.2, -0.15) is 5.10 Å². The zero-order valence-corrected chi connectivity index (χ0v) is 14.4. The standard InChI is InChI=1S/C15H21BrN4O/c1-5-11-14(16)13(20(4)19-11)9-18-12-7-6-8-17-15(12)21-10(2)3/h6-8,10,18H,5,9H2,1-4H3. The van der Waals surface area contributed by atoms with E-state index >= 15 is 0 Å². The molecule has 2 heterocycles. The molecule has 0 fully saturated rings. The fourth-order valence-corrected chi connectivity index (χ4v) is 2.79. The molecule has 0 saturated carbocycles. The molecule has 0 unspecified atom stereocenters. The molecule has 5 nitrogen and oxygen atoms in total. The van der Waals surface area contributed by atoms with Crippen LogP contribution in [0.25, 0.3) is 0 Å². The fourth-order valence-electron chi connectivity index (χ4n) is 2.03. The minimum atomic E-state index is 0.0931. The second-order valence-electron chi connectivity index (χ2n) is 5.06. The SMILES string of the molecule is CCc1nn(C)c(CNc2cccnc2OC(C)C)c1Br. The normalized spacial score (nSPS) is 11.0. The lowest BCUT2D eigenvalue weighted by atomic mass is 10.3. The lowest BCUT2D eigenvalue weighted by molar-refractivity contribution is 0.234. The van der Waals surface area contributed by atoms with Crippen LogP contribution in [-0.4, -0.2) is 20.9 Å². The van der Waals surface area contributed by atoms with E-state index in [0.717, 1.165) is 28.0 Å². The number of nitrogens with zero attached hydrogens (tertiary/aromatic N) is 3. The molecule has 0 aromatic carbocycles. The molecule has 0 aliphatic heterocycles. The van der Waals surface area contributed by atoms with E-state index in [0.29, 0.717) is 12.4 Å². The first-order valence-corrected chi connectivity index (χ1v) is 7.88. The molecule has 0 spiro atoms. The molecule has 0 aliphatic rings. The monoisotopic (exact) mass is 352 g/mol. The summed E-state index contributed by atoms with van der Waals surface area (Å²) in [5, 5.41) is 7.87. The van der Waals surface area contributed by atoms with Crippen LogP contribution in [-0.2, 0) is 20.0 Å². The molecule has 0 aliphatic carbocycles. The average Bonchev–Trinajstić information content (AvgIpc) is 2.72. The van der Waals surface area contributed by atoms with Gasteiger partial charge in [0.25, 0.3) is 0 Å². The Kier molecular flexibility index (Phi) is 5.22. The van der Waals surface area contributed by atoms with Gasteiger partial charge in [0.2, 0.25) is 5.88 Å². The van der Waals surface area contributed by atoms with Crippen molar-refractivity contribution in [1.82, 2.24) is 14.8 Å². The predicted octanol–water partition coefficient (Wildman–Crippen LogP) is 3.54.